The molecule has 1 N–H and O–H groups in total. The van der Waals surface area contributed by atoms with Crippen LogP contribution in [-0.4, -0.2) is 9.97 Å². The average Bonchev–Trinajstić information content (AvgIpc) is 2.52. The molecule has 72 valence electrons. The molecule has 0 amide bonds. The van der Waals surface area contributed by atoms with Crippen molar-refractivity contribution in [2.24, 2.45) is 0 Å². The minimum absolute atomic E-state index is 0.0421. The molecule has 0 bridgehead atoms. The molecule has 0 aliphatic heterocycles. The van der Waals surface area contributed by atoms with Gasteiger partial charge < -0.3 is 4.98 Å². The van der Waals surface area contributed by atoms with Gasteiger partial charge in [-0.25, -0.2) is 4.98 Å². The van der Waals surface area contributed by atoms with Crippen LogP contribution in [0.25, 0.3) is 0 Å². The van der Waals surface area contributed by atoms with E-state index >= 15 is 0 Å². The predicted octanol–water partition coefficient (Wildman–Crippen LogP) is 3.00. The van der Waals surface area contributed by atoms with Crippen LogP contribution in [-0.2, 0) is 5.41 Å². The van der Waals surface area contributed by atoms with Gasteiger partial charge in [0.25, 0.3) is 0 Å². The third-order valence-corrected chi connectivity index (χ3v) is 2.37. The van der Waals surface area contributed by atoms with Gasteiger partial charge in [0.05, 0.1) is 12.0 Å². The summed E-state index contributed by atoms with van der Waals surface area (Å²) in [6, 6.07) is 0. The second-order valence-corrected chi connectivity index (χ2v) is 4.25. The van der Waals surface area contributed by atoms with Crippen molar-refractivity contribution in [3.05, 3.63) is 30.4 Å². The number of allylic oxidation sites excluding steroid dienone is 1. The highest BCUT2D eigenvalue weighted by molar-refractivity contribution is 5.27. The molecule has 0 fully saturated rings. The van der Waals surface area contributed by atoms with Gasteiger partial charge in [0.15, 0.2) is 0 Å². The zero-order valence-corrected chi connectivity index (χ0v) is 8.89. The van der Waals surface area contributed by atoms with Crippen molar-refractivity contribution in [2.75, 3.05) is 0 Å². The van der Waals surface area contributed by atoms with E-state index in [1.165, 1.54) is 5.69 Å². The highest BCUT2D eigenvalue weighted by Gasteiger charge is 2.23. The molecule has 0 aliphatic carbocycles. The van der Waals surface area contributed by atoms with Crippen LogP contribution in [0, 0.1) is 0 Å². The molecule has 0 radical (unpaired) electrons. The van der Waals surface area contributed by atoms with E-state index in [0.29, 0.717) is 5.92 Å². The van der Waals surface area contributed by atoms with E-state index in [9.17, 15) is 0 Å². The van der Waals surface area contributed by atoms with E-state index in [1.807, 2.05) is 6.08 Å². The Morgan fingerprint density at radius 1 is 1.54 bits per heavy atom. The molecule has 0 saturated carbocycles. The van der Waals surface area contributed by atoms with Crippen LogP contribution in [0.2, 0.25) is 0 Å². The van der Waals surface area contributed by atoms with Crippen LogP contribution in [0.3, 0.4) is 0 Å². The van der Waals surface area contributed by atoms with E-state index in [4.69, 9.17) is 0 Å². The fourth-order valence-corrected chi connectivity index (χ4v) is 1.35. The molecule has 2 heteroatoms. The van der Waals surface area contributed by atoms with Gasteiger partial charge in [0, 0.05) is 11.1 Å². The van der Waals surface area contributed by atoms with E-state index in [0.717, 1.165) is 5.69 Å². The predicted molar refractivity (Wildman–Crippen MR) is 55.9 cm³/mol. The van der Waals surface area contributed by atoms with E-state index in [-0.39, 0.29) is 5.41 Å². The summed E-state index contributed by atoms with van der Waals surface area (Å²) in [5, 5.41) is 0. The SMILES string of the molecule is C=CC(C)(C)c1nc[nH]c1C(C)C. The quantitative estimate of drug-likeness (QED) is 0.708. The Bertz CT molecular complexity index is 295. The fraction of sp³-hybridized carbons (Fsp3) is 0.545. The van der Waals surface area contributed by atoms with E-state index < -0.39 is 0 Å². The minimum atomic E-state index is -0.0421. The average molecular weight is 178 g/mol. The Hall–Kier alpha value is -1.05. The molecule has 1 aromatic heterocycles. The van der Waals surface area contributed by atoms with Gasteiger partial charge in [0.2, 0.25) is 0 Å². The largest absolute Gasteiger partial charge is 0.348 e. The van der Waals surface area contributed by atoms with Gasteiger partial charge >= 0.3 is 0 Å². The first-order valence-electron chi connectivity index (χ1n) is 4.66. The maximum Gasteiger partial charge on any atom is 0.0925 e. The Morgan fingerprint density at radius 2 is 2.15 bits per heavy atom. The van der Waals surface area contributed by atoms with Crippen molar-refractivity contribution in [1.29, 1.82) is 0 Å². The number of H-pyrrole nitrogens is 1. The van der Waals surface area contributed by atoms with Crippen molar-refractivity contribution in [2.45, 2.75) is 39.0 Å². The lowest BCUT2D eigenvalue weighted by Gasteiger charge is -2.20. The van der Waals surface area contributed by atoms with Gasteiger partial charge in [-0.1, -0.05) is 33.8 Å². The molecular weight excluding hydrogens is 160 g/mol. The molecule has 0 saturated heterocycles. The number of aromatic nitrogens is 2. The van der Waals surface area contributed by atoms with Gasteiger partial charge in [0.1, 0.15) is 0 Å². The Balaban J connectivity index is 3.14. The van der Waals surface area contributed by atoms with Crippen LogP contribution in [0.15, 0.2) is 19.0 Å². The number of aromatic amines is 1. The maximum atomic E-state index is 4.35. The summed E-state index contributed by atoms with van der Waals surface area (Å²) in [7, 11) is 0. The standard InChI is InChI=1S/C11H18N2/c1-6-11(4,5)10-9(8(2)3)12-7-13-10/h6-8H,1H2,2-5H3,(H,12,13). The van der Waals surface area contributed by atoms with Gasteiger partial charge in [-0.2, -0.15) is 0 Å². The molecule has 2 nitrogen and oxygen atoms in total. The van der Waals surface area contributed by atoms with Gasteiger partial charge in [-0.05, 0) is 5.92 Å². The molecule has 13 heavy (non-hydrogen) atoms. The van der Waals surface area contributed by atoms with Crippen LogP contribution in [0.4, 0.5) is 0 Å². The smallest absolute Gasteiger partial charge is 0.0925 e. The molecule has 1 heterocycles. The molecular formula is C11H18N2. The lowest BCUT2D eigenvalue weighted by Crippen LogP contribution is -2.16. The second kappa shape index (κ2) is 3.36. The summed E-state index contributed by atoms with van der Waals surface area (Å²) < 4.78 is 0. The number of rotatable bonds is 3. The summed E-state index contributed by atoms with van der Waals surface area (Å²) in [5.74, 6) is 0.483. The first-order chi connectivity index (χ1) is 5.99. The lowest BCUT2D eigenvalue weighted by atomic mass is 9.86. The van der Waals surface area contributed by atoms with Crippen molar-refractivity contribution in [3.8, 4) is 0 Å². The highest BCUT2D eigenvalue weighted by Crippen LogP contribution is 2.28. The van der Waals surface area contributed by atoms with E-state index in [2.05, 4.69) is 44.2 Å². The fourth-order valence-electron chi connectivity index (χ4n) is 1.35. The summed E-state index contributed by atoms with van der Waals surface area (Å²) in [6.45, 7) is 12.4. The minimum Gasteiger partial charge on any atom is -0.348 e. The third-order valence-electron chi connectivity index (χ3n) is 2.37. The van der Waals surface area contributed by atoms with E-state index in [1.54, 1.807) is 6.33 Å². The van der Waals surface area contributed by atoms with Crippen molar-refractivity contribution in [1.82, 2.24) is 9.97 Å². The summed E-state index contributed by atoms with van der Waals surface area (Å²) in [4.78, 5) is 7.54. The Morgan fingerprint density at radius 3 is 2.62 bits per heavy atom. The van der Waals surface area contributed by atoms with Crippen LogP contribution in [0.1, 0.15) is 45.0 Å². The van der Waals surface area contributed by atoms with Gasteiger partial charge in [-0.15, -0.1) is 6.58 Å². The summed E-state index contributed by atoms with van der Waals surface area (Å²) in [6.07, 6.45) is 3.70. The van der Waals surface area contributed by atoms with Gasteiger partial charge in [-0.3, -0.25) is 0 Å². The molecule has 0 aromatic carbocycles. The number of hydrogen-bond donors (Lipinski definition) is 1. The second-order valence-electron chi connectivity index (χ2n) is 4.25. The highest BCUT2D eigenvalue weighted by atomic mass is 14.9. The summed E-state index contributed by atoms with van der Waals surface area (Å²) >= 11 is 0. The number of hydrogen-bond acceptors (Lipinski definition) is 1. The Kier molecular flexibility index (Phi) is 2.60. The number of nitrogens with zero attached hydrogens (tertiary/aromatic N) is 1. The molecule has 0 aliphatic rings. The topological polar surface area (TPSA) is 28.7 Å². The van der Waals surface area contributed by atoms with Crippen molar-refractivity contribution in [3.63, 3.8) is 0 Å². The lowest BCUT2D eigenvalue weighted by molar-refractivity contribution is 0.628. The van der Waals surface area contributed by atoms with Crippen molar-refractivity contribution < 1.29 is 0 Å². The first kappa shape index (κ1) is 10.0. The molecule has 1 aromatic rings. The number of nitrogens with one attached hydrogen (secondary N) is 1. The monoisotopic (exact) mass is 178 g/mol. The first-order valence-corrected chi connectivity index (χ1v) is 4.66. The summed E-state index contributed by atoms with van der Waals surface area (Å²) in [5.41, 5.74) is 2.28. The zero-order valence-electron chi connectivity index (χ0n) is 8.89. The zero-order chi connectivity index (χ0) is 10.1. The molecule has 0 atom stereocenters. The molecule has 0 unspecified atom stereocenters. The normalized spacial score (nSPS) is 12.1. The van der Waals surface area contributed by atoms with Crippen molar-refractivity contribution >= 4 is 0 Å². The third kappa shape index (κ3) is 1.82. The number of imidazole rings is 1. The molecule has 0 spiro atoms. The van der Waals surface area contributed by atoms with Crippen LogP contribution in [0.5, 0.6) is 0 Å². The maximum absolute atomic E-state index is 4.35. The van der Waals surface area contributed by atoms with Crippen LogP contribution >= 0.6 is 0 Å². The van der Waals surface area contributed by atoms with Crippen LogP contribution < -0.4 is 0 Å². The molecule has 1 rings (SSSR count). The Labute approximate surface area is 80.1 Å².